The molecule has 2 aromatic rings. The zero-order valence-electron chi connectivity index (χ0n) is 10.0. The maximum atomic E-state index is 11.8. The molecule has 2 N–H and O–H groups in total. The Bertz CT molecular complexity index is 523. The van der Waals surface area contributed by atoms with Crippen LogP contribution in [-0.4, -0.2) is 21.1 Å². The fourth-order valence-corrected chi connectivity index (χ4v) is 1.86. The van der Waals surface area contributed by atoms with Crippen LogP contribution >= 0.6 is 0 Å². The minimum Gasteiger partial charge on any atom is -0.319 e. The van der Waals surface area contributed by atoms with Crippen LogP contribution in [0.15, 0.2) is 18.5 Å². The van der Waals surface area contributed by atoms with Gasteiger partial charge in [-0.05, 0) is 31.9 Å². The van der Waals surface area contributed by atoms with E-state index in [4.69, 9.17) is 0 Å². The van der Waals surface area contributed by atoms with Crippen LogP contribution in [0.2, 0.25) is 0 Å². The van der Waals surface area contributed by atoms with E-state index < -0.39 is 0 Å². The number of nitrogens with zero attached hydrogens (tertiary/aromatic N) is 2. The summed E-state index contributed by atoms with van der Waals surface area (Å²) >= 11 is 0. The molecule has 0 spiro atoms. The monoisotopic (exact) mass is 230 g/mol. The molecule has 1 aromatic carbocycles. The van der Waals surface area contributed by atoms with Crippen molar-refractivity contribution in [2.75, 3.05) is 5.32 Å². The summed E-state index contributed by atoms with van der Waals surface area (Å²) in [6.45, 7) is 5.97. The van der Waals surface area contributed by atoms with E-state index >= 15 is 0 Å². The van der Waals surface area contributed by atoms with Crippen LogP contribution in [0.25, 0.3) is 0 Å². The molecule has 0 radical (unpaired) electrons. The third-order valence-electron chi connectivity index (χ3n) is 2.55. The second-order valence-electron chi connectivity index (χ2n) is 4.06. The van der Waals surface area contributed by atoms with E-state index in [9.17, 15) is 4.79 Å². The van der Waals surface area contributed by atoms with Crippen molar-refractivity contribution >= 4 is 11.6 Å². The van der Waals surface area contributed by atoms with Crippen LogP contribution < -0.4 is 5.32 Å². The van der Waals surface area contributed by atoms with E-state index in [2.05, 4.69) is 20.5 Å². The number of carbonyl (C=O) groups is 1. The van der Waals surface area contributed by atoms with E-state index in [0.717, 1.165) is 16.8 Å². The Morgan fingerprint density at radius 1 is 1.24 bits per heavy atom. The Morgan fingerprint density at radius 3 is 2.41 bits per heavy atom. The van der Waals surface area contributed by atoms with E-state index in [0.29, 0.717) is 0 Å². The molecule has 0 aliphatic carbocycles. The molecule has 0 saturated heterocycles. The van der Waals surface area contributed by atoms with Gasteiger partial charge in [0.25, 0.3) is 5.91 Å². The van der Waals surface area contributed by atoms with E-state index in [1.54, 1.807) is 0 Å². The number of aromatic amines is 1. The molecular weight excluding hydrogens is 216 g/mol. The quantitative estimate of drug-likeness (QED) is 0.828. The van der Waals surface area contributed by atoms with Crippen molar-refractivity contribution in [2.45, 2.75) is 20.8 Å². The van der Waals surface area contributed by atoms with E-state index in [1.807, 2.05) is 32.9 Å². The summed E-state index contributed by atoms with van der Waals surface area (Å²) < 4.78 is 0. The first-order valence-electron chi connectivity index (χ1n) is 5.32. The number of hydrogen-bond acceptors (Lipinski definition) is 3. The highest BCUT2D eigenvalue weighted by molar-refractivity contribution is 6.02. The lowest BCUT2D eigenvalue weighted by Gasteiger charge is -2.11. The first-order valence-corrected chi connectivity index (χ1v) is 5.32. The van der Waals surface area contributed by atoms with Gasteiger partial charge in [0.1, 0.15) is 6.33 Å². The number of aryl methyl sites for hydroxylation is 3. The number of nitrogens with one attached hydrogen (secondary N) is 2. The van der Waals surface area contributed by atoms with Gasteiger partial charge in [0, 0.05) is 5.69 Å². The standard InChI is InChI=1S/C12H14N4O/c1-7-4-8(2)10(9(3)5-7)15-12(17)11-13-6-14-16-11/h4-6H,1-3H3,(H,15,17)(H,13,14,16). The molecule has 1 amide bonds. The number of benzene rings is 1. The molecule has 0 bridgehead atoms. The Morgan fingerprint density at radius 2 is 1.88 bits per heavy atom. The molecule has 0 saturated carbocycles. The molecule has 0 aliphatic heterocycles. The van der Waals surface area contributed by atoms with Crippen LogP contribution in [0.1, 0.15) is 27.3 Å². The molecule has 0 aliphatic rings. The molecule has 5 nitrogen and oxygen atoms in total. The van der Waals surface area contributed by atoms with Gasteiger partial charge in [0.2, 0.25) is 5.82 Å². The molecule has 0 atom stereocenters. The minimum absolute atomic E-state index is 0.212. The molecule has 1 aromatic heterocycles. The van der Waals surface area contributed by atoms with Crippen molar-refractivity contribution in [1.29, 1.82) is 0 Å². The Hall–Kier alpha value is -2.17. The largest absolute Gasteiger partial charge is 0.319 e. The minimum atomic E-state index is -0.280. The Balaban J connectivity index is 2.28. The molecule has 5 heteroatoms. The van der Waals surface area contributed by atoms with Crippen LogP contribution in [0.5, 0.6) is 0 Å². The fourth-order valence-electron chi connectivity index (χ4n) is 1.86. The maximum Gasteiger partial charge on any atom is 0.292 e. The summed E-state index contributed by atoms with van der Waals surface area (Å²) in [5, 5.41) is 9.02. The van der Waals surface area contributed by atoms with Crippen molar-refractivity contribution in [1.82, 2.24) is 15.2 Å². The first kappa shape index (κ1) is 11.3. The van der Waals surface area contributed by atoms with Crippen molar-refractivity contribution in [2.24, 2.45) is 0 Å². The number of rotatable bonds is 2. The number of H-pyrrole nitrogens is 1. The lowest BCUT2D eigenvalue weighted by Crippen LogP contribution is -2.15. The highest BCUT2D eigenvalue weighted by Gasteiger charge is 2.12. The number of aromatic nitrogens is 3. The van der Waals surface area contributed by atoms with Gasteiger partial charge in [-0.1, -0.05) is 17.7 Å². The lowest BCUT2D eigenvalue weighted by molar-refractivity contribution is 0.101. The topological polar surface area (TPSA) is 70.7 Å². The molecular formula is C12H14N4O. The summed E-state index contributed by atoms with van der Waals surface area (Å²) in [6.07, 6.45) is 1.31. The molecule has 0 unspecified atom stereocenters. The smallest absolute Gasteiger partial charge is 0.292 e. The summed E-state index contributed by atoms with van der Waals surface area (Å²) in [5.74, 6) is -0.0677. The van der Waals surface area contributed by atoms with E-state index in [1.165, 1.54) is 11.9 Å². The third kappa shape index (κ3) is 2.33. The molecule has 0 fully saturated rings. The van der Waals surface area contributed by atoms with Gasteiger partial charge in [-0.25, -0.2) is 4.98 Å². The second kappa shape index (κ2) is 4.37. The van der Waals surface area contributed by atoms with Gasteiger partial charge in [0.15, 0.2) is 0 Å². The first-order chi connectivity index (χ1) is 8.08. The average Bonchev–Trinajstić information content (AvgIpc) is 2.76. The fraction of sp³-hybridized carbons (Fsp3) is 0.250. The second-order valence-corrected chi connectivity index (χ2v) is 4.06. The summed E-state index contributed by atoms with van der Waals surface area (Å²) in [6, 6.07) is 4.06. The maximum absolute atomic E-state index is 11.8. The van der Waals surface area contributed by atoms with Crippen LogP contribution in [0, 0.1) is 20.8 Å². The molecule has 1 heterocycles. The Kier molecular flexibility index (Phi) is 2.91. The van der Waals surface area contributed by atoms with Crippen molar-refractivity contribution in [3.8, 4) is 0 Å². The number of anilines is 1. The van der Waals surface area contributed by atoms with Gasteiger partial charge < -0.3 is 5.32 Å². The number of hydrogen-bond donors (Lipinski definition) is 2. The summed E-state index contributed by atoms with van der Waals surface area (Å²) in [4.78, 5) is 15.6. The predicted octanol–water partition coefficient (Wildman–Crippen LogP) is 1.98. The van der Waals surface area contributed by atoms with Crippen molar-refractivity contribution < 1.29 is 4.79 Å². The van der Waals surface area contributed by atoms with Gasteiger partial charge in [-0.15, -0.1) is 0 Å². The van der Waals surface area contributed by atoms with Gasteiger partial charge in [-0.3, -0.25) is 9.89 Å². The van der Waals surface area contributed by atoms with Crippen molar-refractivity contribution in [3.05, 3.63) is 41.0 Å². The summed E-state index contributed by atoms with van der Waals surface area (Å²) in [5.41, 5.74) is 4.08. The van der Waals surface area contributed by atoms with Gasteiger partial charge >= 0.3 is 0 Å². The zero-order chi connectivity index (χ0) is 12.4. The number of amides is 1. The van der Waals surface area contributed by atoms with Gasteiger partial charge in [-0.2, -0.15) is 5.10 Å². The number of carbonyl (C=O) groups excluding carboxylic acids is 1. The van der Waals surface area contributed by atoms with Gasteiger partial charge in [0.05, 0.1) is 0 Å². The highest BCUT2D eigenvalue weighted by atomic mass is 16.2. The van der Waals surface area contributed by atoms with Crippen LogP contribution in [-0.2, 0) is 0 Å². The van der Waals surface area contributed by atoms with Crippen molar-refractivity contribution in [3.63, 3.8) is 0 Å². The van der Waals surface area contributed by atoms with Crippen LogP contribution in [0.3, 0.4) is 0 Å². The molecule has 88 valence electrons. The molecule has 17 heavy (non-hydrogen) atoms. The highest BCUT2D eigenvalue weighted by Crippen LogP contribution is 2.22. The predicted molar refractivity (Wildman–Crippen MR) is 65.0 cm³/mol. The SMILES string of the molecule is Cc1cc(C)c(NC(=O)c2ncn[nH]2)c(C)c1. The summed E-state index contributed by atoms with van der Waals surface area (Å²) in [7, 11) is 0. The van der Waals surface area contributed by atoms with E-state index in [-0.39, 0.29) is 11.7 Å². The molecule has 2 rings (SSSR count). The average molecular weight is 230 g/mol. The lowest BCUT2D eigenvalue weighted by atomic mass is 10.1. The third-order valence-corrected chi connectivity index (χ3v) is 2.55. The van der Waals surface area contributed by atoms with Crippen LogP contribution in [0.4, 0.5) is 5.69 Å². The zero-order valence-corrected chi connectivity index (χ0v) is 10.0. The normalized spacial score (nSPS) is 10.3. The Labute approximate surface area is 99.3 Å².